The van der Waals surface area contributed by atoms with E-state index in [1.807, 2.05) is 13.0 Å². The first kappa shape index (κ1) is 14.0. The van der Waals surface area contributed by atoms with Crippen molar-refractivity contribution in [3.05, 3.63) is 35.3 Å². The zero-order chi connectivity index (χ0) is 15.8. The molecule has 4 heterocycles. The molecule has 7 nitrogen and oxygen atoms in total. The van der Waals surface area contributed by atoms with E-state index in [4.69, 9.17) is 9.72 Å². The van der Waals surface area contributed by atoms with E-state index < -0.39 is 0 Å². The zero-order valence-electron chi connectivity index (χ0n) is 13.0. The molecular weight excluding hydrogens is 294 g/mol. The van der Waals surface area contributed by atoms with E-state index in [0.29, 0.717) is 12.1 Å². The van der Waals surface area contributed by atoms with Gasteiger partial charge in [-0.25, -0.2) is 4.98 Å². The number of pyridine rings is 1. The summed E-state index contributed by atoms with van der Waals surface area (Å²) in [6.45, 7) is 4.34. The number of hydrogen-bond donors (Lipinski definition) is 2. The first-order chi connectivity index (χ1) is 11.2. The number of aromatic nitrogens is 3. The number of ether oxygens (including phenoxy) is 1. The lowest BCUT2D eigenvalue weighted by Gasteiger charge is -2.33. The van der Waals surface area contributed by atoms with Crippen LogP contribution in [0.5, 0.6) is 5.75 Å². The molecule has 2 N–H and O–H groups in total. The van der Waals surface area contributed by atoms with Crippen molar-refractivity contribution >= 4 is 11.7 Å². The lowest BCUT2D eigenvalue weighted by molar-refractivity contribution is 0.0965. The summed E-state index contributed by atoms with van der Waals surface area (Å²) < 4.78 is 5.90. The van der Waals surface area contributed by atoms with Crippen molar-refractivity contribution in [3.8, 4) is 5.75 Å². The Balaban J connectivity index is 1.45. The summed E-state index contributed by atoms with van der Waals surface area (Å²) in [5, 5.41) is 9.48. The van der Waals surface area contributed by atoms with Gasteiger partial charge in [-0.2, -0.15) is 5.10 Å². The van der Waals surface area contributed by atoms with Gasteiger partial charge in [0.2, 0.25) is 0 Å². The van der Waals surface area contributed by atoms with Gasteiger partial charge in [-0.3, -0.25) is 9.89 Å². The number of nitrogens with one attached hydrogen (secondary N) is 2. The maximum atomic E-state index is 11.7. The fraction of sp³-hybridized carbons (Fsp3) is 0.438. The number of H-pyrrole nitrogens is 1. The van der Waals surface area contributed by atoms with Gasteiger partial charge in [0.25, 0.3) is 5.91 Å². The highest BCUT2D eigenvalue weighted by Gasteiger charge is 2.26. The normalized spacial score (nSPS) is 18.0. The fourth-order valence-electron chi connectivity index (χ4n) is 3.23. The predicted molar refractivity (Wildman–Crippen MR) is 84.6 cm³/mol. The van der Waals surface area contributed by atoms with Crippen LogP contribution in [0.25, 0.3) is 0 Å². The molecule has 23 heavy (non-hydrogen) atoms. The summed E-state index contributed by atoms with van der Waals surface area (Å²) in [4.78, 5) is 18.7. The van der Waals surface area contributed by atoms with E-state index in [0.717, 1.165) is 48.8 Å². The quantitative estimate of drug-likeness (QED) is 0.895. The monoisotopic (exact) mass is 313 g/mol. The standard InChI is InChI=1S/C16H19N5O2/c1-10-6-13-14(9-17-16(13)22)20-15(10)21-4-2-11(3-5-21)23-12-7-18-19-8-12/h6-8,11H,2-5,9H2,1H3,(H,17,22)(H,18,19). The maximum absolute atomic E-state index is 11.7. The topological polar surface area (TPSA) is 83.1 Å². The molecule has 1 amide bonds. The summed E-state index contributed by atoms with van der Waals surface area (Å²) >= 11 is 0. The molecular formula is C16H19N5O2. The van der Waals surface area contributed by atoms with Gasteiger partial charge in [-0.1, -0.05) is 0 Å². The van der Waals surface area contributed by atoms with Crippen LogP contribution in [0.4, 0.5) is 5.82 Å². The van der Waals surface area contributed by atoms with E-state index in [9.17, 15) is 4.79 Å². The van der Waals surface area contributed by atoms with Crippen molar-refractivity contribution in [1.82, 2.24) is 20.5 Å². The minimum absolute atomic E-state index is 0.0191. The third-order valence-electron chi connectivity index (χ3n) is 4.44. The molecule has 0 radical (unpaired) electrons. The second-order valence-electron chi connectivity index (χ2n) is 6.04. The number of nitrogens with zero attached hydrogens (tertiary/aromatic N) is 3. The predicted octanol–water partition coefficient (Wildman–Crippen LogP) is 1.40. The van der Waals surface area contributed by atoms with Crippen molar-refractivity contribution in [2.75, 3.05) is 18.0 Å². The van der Waals surface area contributed by atoms with Gasteiger partial charge in [0, 0.05) is 25.9 Å². The van der Waals surface area contributed by atoms with Crippen LogP contribution in [0, 0.1) is 6.92 Å². The fourth-order valence-corrected chi connectivity index (χ4v) is 3.23. The molecule has 2 aliphatic heterocycles. The van der Waals surface area contributed by atoms with Gasteiger partial charge in [0.1, 0.15) is 11.9 Å². The van der Waals surface area contributed by atoms with E-state index in [1.54, 1.807) is 12.4 Å². The molecule has 1 saturated heterocycles. The van der Waals surface area contributed by atoms with E-state index in [1.165, 1.54) is 0 Å². The second-order valence-corrected chi connectivity index (χ2v) is 6.04. The van der Waals surface area contributed by atoms with Gasteiger partial charge in [0.15, 0.2) is 5.75 Å². The Hall–Kier alpha value is -2.57. The van der Waals surface area contributed by atoms with Crippen molar-refractivity contribution in [1.29, 1.82) is 0 Å². The van der Waals surface area contributed by atoms with E-state index >= 15 is 0 Å². The molecule has 1 fully saturated rings. The third kappa shape index (κ3) is 2.62. The van der Waals surface area contributed by atoms with E-state index in [2.05, 4.69) is 20.4 Å². The SMILES string of the molecule is Cc1cc2c(nc1N1CCC(Oc3cn[nH]c3)CC1)CNC2=O. The molecule has 2 aromatic heterocycles. The van der Waals surface area contributed by atoms with Crippen LogP contribution in [0.15, 0.2) is 18.5 Å². The van der Waals surface area contributed by atoms with Crippen LogP contribution in [0.2, 0.25) is 0 Å². The molecule has 0 aliphatic carbocycles. The molecule has 7 heteroatoms. The van der Waals surface area contributed by atoms with Gasteiger partial charge in [0.05, 0.1) is 30.2 Å². The molecule has 120 valence electrons. The van der Waals surface area contributed by atoms with E-state index in [-0.39, 0.29) is 12.0 Å². The number of carbonyl (C=O) groups excluding carboxylic acids is 1. The van der Waals surface area contributed by atoms with Crippen molar-refractivity contribution in [2.45, 2.75) is 32.4 Å². The smallest absolute Gasteiger partial charge is 0.253 e. The zero-order valence-corrected chi connectivity index (χ0v) is 13.0. The number of aromatic amines is 1. The Kier molecular flexibility index (Phi) is 3.40. The molecule has 0 bridgehead atoms. The number of amides is 1. The summed E-state index contributed by atoms with van der Waals surface area (Å²) in [5.74, 6) is 1.76. The second kappa shape index (κ2) is 5.57. The van der Waals surface area contributed by atoms with Crippen molar-refractivity contribution < 1.29 is 9.53 Å². The molecule has 4 rings (SSSR count). The van der Waals surface area contributed by atoms with Gasteiger partial charge in [-0.05, 0) is 18.6 Å². The number of anilines is 1. The number of hydrogen-bond acceptors (Lipinski definition) is 5. The summed E-state index contributed by atoms with van der Waals surface area (Å²) in [6.07, 6.45) is 5.56. The Morgan fingerprint density at radius 1 is 1.35 bits per heavy atom. The highest BCUT2D eigenvalue weighted by atomic mass is 16.5. The lowest BCUT2D eigenvalue weighted by Crippen LogP contribution is -2.39. The largest absolute Gasteiger partial charge is 0.487 e. The Labute approximate surface area is 134 Å². The number of piperidine rings is 1. The van der Waals surface area contributed by atoms with Crippen LogP contribution in [-0.2, 0) is 6.54 Å². The Bertz CT molecular complexity index is 720. The Morgan fingerprint density at radius 3 is 2.91 bits per heavy atom. The maximum Gasteiger partial charge on any atom is 0.253 e. The average Bonchev–Trinajstić information content (AvgIpc) is 3.18. The first-order valence-electron chi connectivity index (χ1n) is 7.90. The highest BCUT2D eigenvalue weighted by Crippen LogP contribution is 2.27. The average molecular weight is 313 g/mol. The van der Waals surface area contributed by atoms with Gasteiger partial charge in [-0.15, -0.1) is 0 Å². The molecule has 0 spiro atoms. The Morgan fingerprint density at radius 2 is 2.17 bits per heavy atom. The van der Waals surface area contributed by atoms with Crippen molar-refractivity contribution in [2.24, 2.45) is 0 Å². The summed E-state index contributed by atoms with van der Waals surface area (Å²) in [7, 11) is 0. The van der Waals surface area contributed by atoms with Gasteiger partial charge < -0.3 is 15.0 Å². The number of carbonyl (C=O) groups is 1. The molecule has 0 atom stereocenters. The highest BCUT2D eigenvalue weighted by molar-refractivity contribution is 5.98. The van der Waals surface area contributed by atoms with Crippen LogP contribution in [-0.4, -0.2) is 40.3 Å². The first-order valence-corrected chi connectivity index (χ1v) is 7.90. The summed E-state index contributed by atoms with van der Waals surface area (Å²) in [5.41, 5.74) is 2.62. The van der Waals surface area contributed by atoms with Crippen molar-refractivity contribution in [3.63, 3.8) is 0 Å². The molecule has 0 unspecified atom stereocenters. The molecule has 0 aromatic carbocycles. The van der Waals surface area contributed by atoms with Crippen LogP contribution in [0.1, 0.15) is 34.5 Å². The minimum atomic E-state index is -0.0191. The van der Waals surface area contributed by atoms with Crippen LogP contribution >= 0.6 is 0 Å². The molecule has 2 aromatic rings. The lowest BCUT2D eigenvalue weighted by atomic mass is 10.1. The number of aryl methyl sites for hydroxylation is 1. The number of fused-ring (bicyclic) bond motifs is 1. The molecule has 2 aliphatic rings. The third-order valence-corrected chi connectivity index (χ3v) is 4.44. The van der Waals surface area contributed by atoms with Crippen LogP contribution < -0.4 is 15.0 Å². The van der Waals surface area contributed by atoms with Gasteiger partial charge >= 0.3 is 0 Å². The summed E-state index contributed by atoms with van der Waals surface area (Å²) in [6, 6.07) is 1.95. The number of rotatable bonds is 3. The molecule has 0 saturated carbocycles. The van der Waals surface area contributed by atoms with Crippen LogP contribution in [0.3, 0.4) is 0 Å². The minimum Gasteiger partial charge on any atom is -0.487 e.